The van der Waals surface area contributed by atoms with Gasteiger partial charge in [0.15, 0.2) is 12.5 Å². The summed E-state index contributed by atoms with van der Waals surface area (Å²) in [6.45, 7) is 4.02. The number of non-ortho nitro benzene ring substituents is 1. The first kappa shape index (κ1) is 15.0. The molecule has 0 aliphatic carbocycles. The zero-order chi connectivity index (χ0) is 15.7. The molecule has 0 amide bonds. The van der Waals surface area contributed by atoms with E-state index < -0.39 is 17.4 Å². The largest absolute Gasteiger partial charge is 0.369 e. The number of nitro benzene ring substituents is 1. The molecule has 2 atom stereocenters. The van der Waals surface area contributed by atoms with Gasteiger partial charge in [-0.05, 0) is 5.56 Å². The highest BCUT2D eigenvalue weighted by atomic mass is 16.6. The van der Waals surface area contributed by atoms with Crippen molar-refractivity contribution in [3.05, 3.63) is 27.8 Å². The Hall–Kier alpha value is -1.94. The van der Waals surface area contributed by atoms with Crippen molar-refractivity contribution in [3.8, 4) is 0 Å². The summed E-state index contributed by atoms with van der Waals surface area (Å²) in [7, 11) is 0. The fraction of sp³-hybridized carbons (Fsp3) is 0.538. The molecule has 1 aromatic rings. The molecule has 2 unspecified atom stereocenters. The summed E-state index contributed by atoms with van der Waals surface area (Å²) in [6, 6.07) is 2.87. The van der Waals surface area contributed by atoms with Crippen molar-refractivity contribution in [2.45, 2.75) is 19.0 Å². The number of aliphatic hydroxyl groups is 2. The first-order chi connectivity index (χ1) is 10.5. The number of anilines is 2. The maximum absolute atomic E-state index is 11.1. The average Bonchev–Trinajstić information content (AvgIpc) is 2.50. The lowest BCUT2D eigenvalue weighted by atomic mass is 10.1. The van der Waals surface area contributed by atoms with Gasteiger partial charge >= 0.3 is 0 Å². The van der Waals surface area contributed by atoms with Gasteiger partial charge < -0.3 is 26.2 Å². The number of hydrogen-bond donors (Lipinski definition) is 5. The highest BCUT2D eigenvalue weighted by Crippen LogP contribution is 2.36. The van der Waals surface area contributed by atoms with E-state index in [1.165, 1.54) is 12.1 Å². The van der Waals surface area contributed by atoms with Crippen LogP contribution in [0.5, 0.6) is 0 Å². The van der Waals surface area contributed by atoms with Gasteiger partial charge in [-0.3, -0.25) is 15.0 Å². The van der Waals surface area contributed by atoms with Gasteiger partial charge in [0, 0.05) is 44.9 Å². The molecule has 0 radical (unpaired) electrons. The number of nitrogens with zero attached hydrogens (tertiary/aromatic N) is 2. The number of hydrogen-bond acceptors (Lipinski definition) is 8. The third kappa shape index (κ3) is 2.97. The summed E-state index contributed by atoms with van der Waals surface area (Å²) in [6.07, 6.45) is -2.36. The molecule has 1 aromatic carbocycles. The van der Waals surface area contributed by atoms with Gasteiger partial charge in [0.25, 0.3) is 5.69 Å². The third-order valence-corrected chi connectivity index (χ3v) is 3.91. The molecule has 9 heteroatoms. The van der Waals surface area contributed by atoms with Crippen LogP contribution in [0, 0.1) is 10.1 Å². The summed E-state index contributed by atoms with van der Waals surface area (Å²) < 4.78 is 0. The number of benzene rings is 1. The molecular weight excluding hydrogens is 290 g/mol. The van der Waals surface area contributed by atoms with Crippen molar-refractivity contribution in [2.24, 2.45) is 0 Å². The highest BCUT2D eigenvalue weighted by Gasteiger charge is 2.28. The Labute approximate surface area is 127 Å². The minimum atomic E-state index is -1.21. The maximum Gasteiger partial charge on any atom is 0.271 e. The maximum atomic E-state index is 11.1. The molecular formula is C13H19N5O4. The SMILES string of the molecule is O=[N+]([O-])c1cc(CN2CCNCC2)c2c(c1)NC(O)C(O)N2. The van der Waals surface area contributed by atoms with E-state index in [9.17, 15) is 20.3 Å². The molecule has 0 spiro atoms. The lowest BCUT2D eigenvalue weighted by Gasteiger charge is -2.33. The molecule has 2 heterocycles. The summed E-state index contributed by atoms with van der Waals surface area (Å²) in [4.78, 5) is 12.8. The minimum absolute atomic E-state index is 0.0400. The topological polar surface area (TPSA) is 123 Å². The van der Waals surface area contributed by atoms with Crippen LogP contribution >= 0.6 is 0 Å². The van der Waals surface area contributed by atoms with Crippen LogP contribution in [0.1, 0.15) is 5.56 Å². The fourth-order valence-corrected chi connectivity index (χ4v) is 2.78. The van der Waals surface area contributed by atoms with E-state index in [2.05, 4.69) is 20.9 Å². The molecule has 0 aromatic heterocycles. The normalized spacial score (nSPS) is 25.0. The molecule has 9 nitrogen and oxygen atoms in total. The Morgan fingerprint density at radius 2 is 1.91 bits per heavy atom. The fourth-order valence-electron chi connectivity index (χ4n) is 2.78. The Kier molecular flexibility index (Phi) is 4.12. The number of aliphatic hydroxyl groups excluding tert-OH is 2. The van der Waals surface area contributed by atoms with Gasteiger partial charge in [-0.25, -0.2) is 0 Å². The molecule has 5 N–H and O–H groups in total. The van der Waals surface area contributed by atoms with E-state index in [0.29, 0.717) is 17.9 Å². The van der Waals surface area contributed by atoms with E-state index in [0.717, 1.165) is 31.7 Å². The summed E-state index contributed by atoms with van der Waals surface area (Å²) in [5.41, 5.74) is 1.71. The lowest BCUT2D eigenvalue weighted by molar-refractivity contribution is -0.384. The third-order valence-electron chi connectivity index (χ3n) is 3.91. The van der Waals surface area contributed by atoms with Crippen molar-refractivity contribution in [3.63, 3.8) is 0 Å². The van der Waals surface area contributed by atoms with E-state index in [4.69, 9.17) is 0 Å². The Morgan fingerprint density at radius 3 is 2.59 bits per heavy atom. The Morgan fingerprint density at radius 1 is 1.23 bits per heavy atom. The quantitative estimate of drug-likeness (QED) is 0.373. The zero-order valence-electron chi connectivity index (χ0n) is 12.0. The van der Waals surface area contributed by atoms with E-state index in [1.807, 2.05) is 0 Å². The number of fused-ring (bicyclic) bond motifs is 1. The predicted octanol–water partition coefficient (Wildman–Crippen LogP) is -0.526. The minimum Gasteiger partial charge on any atom is -0.369 e. The van der Waals surface area contributed by atoms with Crippen LogP contribution in [-0.2, 0) is 6.54 Å². The van der Waals surface area contributed by atoms with Crippen LogP contribution in [-0.4, -0.2) is 58.7 Å². The van der Waals surface area contributed by atoms with E-state index in [-0.39, 0.29) is 5.69 Å². The van der Waals surface area contributed by atoms with Crippen molar-refractivity contribution in [2.75, 3.05) is 36.8 Å². The summed E-state index contributed by atoms with van der Waals surface area (Å²) >= 11 is 0. The van der Waals surface area contributed by atoms with Gasteiger partial charge in [0.1, 0.15) is 0 Å². The average molecular weight is 309 g/mol. The smallest absolute Gasteiger partial charge is 0.271 e. The van der Waals surface area contributed by atoms with Crippen LogP contribution in [0.4, 0.5) is 17.1 Å². The molecule has 1 fully saturated rings. The number of piperazine rings is 1. The van der Waals surface area contributed by atoms with Gasteiger partial charge in [0.2, 0.25) is 0 Å². The number of nitrogens with one attached hydrogen (secondary N) is 3. The standard InChI is InChI=1S/C13H19N5O4/c19-12-13(20)16-11-8(7-17-3-1-14-2-4-17)5-9(18(21)22)6-10(11)15-12/h5-6,12-16,19-20H,1-4,7H2. The van der Waals surface area contributed by atoms with E-state index in [1.54, 1.807) is 0 Å². The molecule has 0 bridgehead atoms. The predicted molar refractivity (Wildman–Crippen MR) is 80.5 cm³/mol. The van der Waals surface area contributed by atoms with Gasteiger partial charge in [-0.15, -0.1) is 0 Å². The van der Waals surface area contributed by atoms with Gasteiger partial charge in [0.05, 0.1) is 16.3 Å². The molecule has 2 aliphatic heterocycles. The van der Waals surface area contributed by atoms with Gasteiger partial charge in [-0.1, -0.05) is 0 Å². The van der Waals surface area contributed by atoms with Crippen molar-refractivity contribution >= 4 is 17.1 Å². The van der Waals surface area contributed by atoms with Crippen molar-refractivity contribution in [1.82, 2.24) is 10.2 Å². The van der Waals surface area contributed by atoms with Crippen molar-refractivity contribution < 1.29 is 15.1 Å². The number of rotatable bonds is 3. The molecule has 22 heavy (non-hydrogen) atoms. The highest BCUT2D eigenvalue weighted by molar-refractivity contribution is 5.78. The van der Waals surface area contributed by atoms with Crippen LogP contribution < -0.4 is 16.0 Å². The molecule has 0 saturated carbocycles. The monoisotopic (exact) mass is 309 g/mol. The van der Waals surface area contributed by atoms with Crippen molar-refractivity contribution in [1.29, 1.82) is 0 Å². The molecule has 1 saturated heterocycles. The lowest BCUT2D eigenvalue weighted by Crippen LogP contribution is -2.44. The zero-order valence-corrected chi connectivity index (χ0v) is 12.0. The molecule has 3 rings (SSSR count). The number of nitro groups is 1. The van der Waals surface area contributed by atoms with Crippen LogP contribution in [0.15, 0.2) is 12.1 Å². The van der Waals surface area contributed by atoms with Crippen LogP contribution in [0.3, 0.4) is 0 Å². The first-order valence-corrected chi connectivity index (χ1v) is 7.18. The molecule has 2 aliphatic rings. The second-order valence-corrected chi connectivity index (χ2v) is 5.49. The second kappa shape index (κ2) is 6.05. The van der Waals surface area contributed by atoms with Crippen LogP contribution in [0.2, 0.25) is 0 Å². The Bertz CT molecular complexity index is 576. The van der Waals surface area contributed by atoms with E-state index >= 15 is 0 Å². The first-order valence-electron chi connectivity index (χ1n) is 7.18. The Balaban J connectivity index is 1.94. The van der Waals surface area contributed by atoms with Gasteiger partial charge in [-0.2, -0.15) is 0 Å². The summed E-state index contributed by atoms with van der Waals surface area (Å²) in [5, 5.41) is 39.3. The molecule has 120 valence electrons. The second-order valence-electron chi connectivity index (χ2n) is 5.49. The van der Waals surface area contributed by atoms with Crippen LogP contribution in [0.25, 0.3) is 0 Å². The summed E-state index contributed by atoms with van der Waals surface area (Å²) in [5.74, 6) is 0.